The molecule has 0 radical (unpaired) electrons. The van der Waals surface area contributed by atoms with Crippen LogP contribution in [0.4, 0.5) is 0 Å². The minimum Gasteiger partial charge on any atom is -0.487 e. The fraction of sp³-hybridized carbons (Fsp3) is 0.750. The standard InChI is InChI=1S/C12H20O2/c1-2-3-4-5-6-7-11-8-9-12(10-13)14-11/h8,10,12H,2-7,9H2,1H3. The van der Waals surface area contributed by atoms with Gasteiger partial charge in [0.05, 0.1) is 5.76 Å². The number of unbranched alkanes of at least 4 members (excludes halogenated alkanes) is 4. The van der Waals surface area contributed by atoms with Gasteiger partial charge in [-0.05, 0) is 12.5 Å². The molecule has 2 heteroatoms. The van der Waals surface area contributed by atoms with Gasteiger partial charge in [-0.3, -0.25) is 4.79 Å². The van der Waals surface area contributed by atoms with Gasteiger partial charge < -0.3 is 4.74 Å². The van der Waals surface area contributed by atoms with E-state index in [0.717, 1.165) is 24.9 Å². The Morgan fingerprint density at radius 2 is 2.21 bits per heavy atom. The zero-order valence-electron chi connectivity index (χ0n) is 9.00. The molecule has 0 saturated carbocycles. The second-order valence-electron chi connectivity index (χ2n) is 3.86. The molecular weight excluding hydrogens is 176 g/mol. The molecule has 0 saturated heterocycles. The summed E-state index contributed by atoms with van der Waals surface area (Å²) in [6, 6.07) is 0. The highest BCUT2D eigenvalue weighted by Gasteiger charge is 2.15. The first-order chi connectivity index (χ1) is 6.86. The van der Waals surface area contributed by atoms with Crippen molar-refractivity contribution in [1.82, 2.24) is 0 Å². The maximum Gasteiger partial charge on any atom is 0.160 e. The van der Waals surface area contributed by atoms with Crippen molar-refractivity contribution in [2.75, 3.05) is 0 Å². The van der Waals surface area contributed by atoms with Gasteiger partial charge in [-0.25, -0.2) is 0 Å². The third-order valence-corrected chi connectivity index (χ3v) is 2.56. The van der Waals surface area contributed by atoms with Crippen LogP contribution in [0, 0.1) is 0 Å². The molecule has 2 nitrogen and oxygen atoms in total. The molecule has 0 aromatic carbocycles. The summed E-state index contributed by atoms with van der Waals surface area (Å²) in [4.78, 5) is 10.4. The van der Waals surface area contributed by atoms with Crippen molar-refractivity contribution in [3.05, 3.63) is 11.8 Å². The van der Waals surface area contributed by atoms with E-state index < -0.39 is 0 Å². The van der Waals surface area contributed by atoms with Gasteiger partial charge in [0, 0.05) is 12.8 Å². The fourth-order valence-corrected chi connectivity index (χ4v) is 1.69. The molecule has 1 unspecified atom stereocenters. The summed E-state index contributed by atoms with van der Waals surface area (Å²) in [6.45, 7) is 2.22. The average Bonchev–Trinajstić information content (AvgIpc) is 2.65. The van der Waals surface area contributed by atoms with E-state index in [1.165, 1.54) is 32.1 Å². The van der Waals surface area contributed by atoms with Gasteiger partial charge in [0.25, 0.3) is 0 Å². The minimum absolute atomic E-state index is 0.194. The summed E-state index contributed by atoms with van der Waals surface area (Å²) in [5.74, 6) is 1.03. The Balaban J connectivity index is 2.00. The highest BCUT2D eigenvalue weighted by Crippen LogP contribution is 2.21. The van der Waals surface area contributed by atoms with Crippen LogP contribution in [0.15, 0.2) is 11.8 Å². The van der Waals surface area contributed by atoms with Crippen molar-refractivity contribution in [3.8, 4) is 0 Å². The number of allylic oxidation sites excluding steroid dienone is 1. The zero-order valence-corrected chi connectivity index (χ0v) is 9.00. The molecule has 14 heavy (non-hydrogen) atoms. The molecule has 0 amide bonds. The van der Waals surface area contributed by atoms with Gasteiger partial charge in [0.15, 0.2) is 12.4 Å². The highest BCUT2D eigenvalue weighted by molar-refractivity contribution is 5.57. The fourth-order valence-electron chi connectivity index (χ4n) is 1.69. The second kappa shape index (κ2) is 6.63. The van der Waals surface area contributed by atoms with Crippen LogP contribution in [0.5, 0.6) is 0 Å². The Hall–Kier alpha value is -0.790. The van der Waals surface area contributed by atoms with E-state index in [0.29, 0.717) is 0 Å². The maximum absolute atomic E-state index is 10.4. The zero-order chi connectivity index (χ0) is 10.2. The molecule has 0 N–H and O–H groups in total. The summed E-state index contributed by atoms with van der Waals surface area (Å²) in [5.41, 5.74) is 0. The van der Waals surface area contributed by atoms with Crippen LogP contribution in [0.2, 0.25) is 0 Å². The van der Waals surface area contributed by atoms with Crippen LogP contribution in [-0.4, -0.2) is 12.4 Å². The van der Waals surface area contributed by atoms with Crippen LogP contribution in [0.3, 0.4) is 0 Å². The molecule has 1 rings (SSSR count). The predicted octanol–water partition coefficient (Wildman–Crippen LogP) is 3.22. The lowest BCUT2D eigenvalue weighted by molar-refractivity contribution is -0.114. The lowest BCUT2D eigenvalue weighted by atomic mass is 10.1. The van der Waals surface area contributed by atoms with Gasteiger partial charge >= 0.3 is 0 Å². The largest absolute Gasteiger partial charge is 0.487 e. The van der Waals surface area contributed by atoms with Gasteiger partial charge in [-0.2, -0.15) is 0 Å². The molecule has 0 spiro atoms. The SMILES string of the molecule is CCCCCCCC1=CCC(C=O)O1. The first-order valence-electron chi connectivity index (χ1n) is 5.67. The molecule has 0 fully saturated rings. The van der Waals surface area contributed by atoms with Crippen molar-refractivity contribution >= 4 is 6.29 Å². The topological polar surface area (TPSA) is 26.3 Å². The smallest absolute Gasteiger partial charge is 0.160 e. The predicted molar refractivity (Wildman–Crippen MR) is 57.0 cm³/mol. The van der Waals surface area contributed by atoms with Crippen molar-refractivity contribution in [3.63, 3.8) is 0 Å². The molecule has 1 atom stereocenters. The van der Waals surface area contributed by atoms with Crippen LogP contribution in [0.25, 0.3) is 0 Å². The van der Waals surface area contributed by atoms with E-state index in [1.807, 2.05) is 0 Å². The van der Waals surface area contributed by atoms with Gasteiger partial charge in [0.1, 0.15) is 0 Å². The Morgan fingerprint density at radius 1 is 1.43 bits per heavy atom. The molecule has 0 aliphatic carbocycles. The van der Waals surface area contributed by atoms with E-state index in [9.17, 15) is 4.79 Å². The van der Waals surface area contributed by atoms with Gasteiger partial charge in [-0.15, -0.1) is 0 Å². The third-order valence-electron chi connectivity index (χ3n) is 2.56. The number of hydrogen-bond donors (Lipinski definition) is 0. The van der Waals surface area contributed by atoms with Gasteiger partial charge in [-0.1, -0.05) is 32.6 Å². The summed E-state index contributed by atoms with van der Waals surface area (Å²) >= 11 is 0. The number of aldehydes is 1. The number of ether oxygens (including phenoxy) is 1. The minimum atomic E-state index is -0.194. The van der Waals surface area contributed by atoms with Crippen molar-refractivity contribution in [1.29, 1.82) is 0 Å². The van der Waals surface area contributed by atoms with E-state index >= 15 is 0 Å². The summed E-state index contributed by atoms with van der Waals surface area (Å²) < 4.78 is 5.41. The first-order valence-corrected chi connectivity index (χ1v) is 5.67. The second-order valence-corrected chi connectivity index (χ2v) is 3.86. The quantitative estimate of drug-likeness (QED) is 0.461. The number of carbonyl (C=O) groups excluding carboxylic acids is 1. The molecule has 1 heterocycles. The van der Waals surface area contributed by atoms with Crippen molar-refractivity contribution in [2.45, 2.75) is 58.0 Å². The summed E-state index contributed by atoms with van der Waals surface area (Å²) in [5, 5.41) is 0. The molecule has 0 aromatic rings. The molecule has 0 bridgehead atoms. The Morgan fingerprint density at radius 3 is 2.86 bits per heavy atom. The van der Waals surface area contributed by atoms with Crippen LogP contribution < -0.4 is 0 Å². The third kappa shape index (κ3) is 3.95. The average molecular weight is 196 g/mol. The van der Waals surface area contributed by atoms with Crippen molar-refractivity contribution in [2.24, 2.45) is 0 Å². The lowest BCUT2D eigenvalue weighted by Crippen LogP contribution is -2.06. The highest BCUT2D eigenvalue weighted by atomic mass is 16.5. The molecule has 1 aliphatic heterocycles. The molecule has 1 aliphatic rings. The van der Waals surface area contributed by atoms with Crippen molar-refractivity contribution < 1.29 is 9.53 Å². The van der Waals surface area contributed by atoms with E-state index in [4.69, 9.17) is 4.74 Å². The number of rotatable bonds is 7. The molecular formula is C12H20O2. The Bertz CT molecular complexity index is 196. The van der Waals surface area contributed by atoms with E-state index in [-0.39, 0.29) is 6.10 Å². The van der Waals surface area contributed by atoms with E-state index in [2.05, 4.69) is 13.0 Å². The van der Waals surface area contributed by atoms with Crippen LogP contribution in [-0.2, 0) is 9.53 Å². The molecule has 0 aromatic heterocycles. The Labute approximate surface area is 86.3 Å². The molecule has 80 valence electrons. The summed E-state index contributed by atoms with van der Waals surface area (Å²) in [6.07, 6.45) is 10.9. The number of carbonyl (C=O) groups is 1. The summed E-state index contributed by atoms with van der Waals surface area (Å²) in [7, 11) is 0. The maximum atomic E-state index is 10.4. The normalized spacial score (nSPS) is 20.4. The van der Waals surface area contributed by atoms with E-state index in [1.54, 1.807) is 0 Å². The Kier molecular flexibility index (Phi) is 5.35. The number of hydrogen-bond acceptors (Lipinski definition) is 2. The van der Waals surface area contributed by atoms with Crippen LogP contribution >= 0.6 is 0 Å². The lowest BCUT2D eigenvalue weighted by Gasteiger charge is -2.06. The van der Waals surface area contributed by atoms with Crippen LogP contribution in [0.1, 0.15) is 51.9 Å². The first kappa shape index (κ1) is 11.3. The monoisotopic (exact) mass is 196 g/mol. The van der Waals surface area contributed by atoms with Gasteiger partial charge in [0.2, 0.25) is 0 Å².